The van der Waals surface area contributed by atoms with Crippen molar-refractivity contribution in [2.45, 2.75) is 32.4 Å². The van der Waals surface area contributed by atoms with Crippen molar-refractivity contribution in [3.05, 3.63) is 79.3 Å². The van der Waals surface area contributed by atoms with E-state index in [0.29, 0.717) is 23.6 Å². The number of aliphatic hydroxyl groups excluding tert-OH is 1. The lowest BCUT2D eigenvalue weighted by molar-refractivity contribution is -0.384. The van der Waals surface area contributed by atoms with Crippen LogP contribution in [0.2, 0.25) is 10.0 Å². The van der Waals surface area contributed by atoms with Crippen molar-refractivity contribution in [1.29, 1.82) is 0 Å². The summed E-state index contributed by atoms with van der Waals surface area (Å²) in [5, 5.41) is 22.8. The maximum atomic E-state index is 13.0. The number of nitrogens with zero attached hydrogens (tertiary/aromatic N) is 2. The average Bonchev–Trinajstić information content (AvgIpc) is 3.01. The first kappa shape index (κ1) is 24.7. The van der Waals surface area contributed by atoms with Crippen LogP contribution in [0.25, 0.3) is 5.76 Å². The number of hydrogen-bond donors (Lipinski definition) is 1. The lowest BCUT2D eigenvalue weighted by Crippen LogP contribution is -2.31. The smallest absolute Gasteiger partial charge is 0.295 e. The summed E-state index contributed by atoms with van der Waals surface area (Å²) in [5.74, 6) is -2.23. The van der Waals surface area contributed by atoms with Gasteiger partial charge in [0.05, 0.1) is 22.6 Å². The van der Waals surface area contributed by atoms with Crippen LogP contribution in [-0.4, -0.2) is 45.9 Å². The molecule has 0 aliphatic carbocycles. The molecule has 1 amide bonds. The monoisotopic (exact) mass is 492 g/mol. The third kappa shape index (κ3) is 5.35. The highest BCUT2D eigenvalue weighted by Gasteiger charge is 2.46. The van der Waals surface area contributed by atoms with Gasteiger partial charge in [-0.05, 0) is 38.0 Å². The van der Waals surface area contributed by atoms with Crippen LogP contribution >= 0.6 is 23.2 Å². The fourth-order valence-electron chi connectivity index (χ4n) is 3.63. The van der Waals surface area contributed by atoms with Crippen LogP contribution in [0, 0.1) is 10.1 Å². The molecule has 0 unspecified atom stereocenters. The van der Waals surface area contributed by atoms with Gasteiger partial charge >= 0.3 is 0 Å². The Bertz CT molecular complexity index is 1130. The normalized spacial score (nSPS) is 17.7. The summed E-state index contributed by atoms with van der Waals surface area (Å²) in [5.41, 5.74) is -0.0212. The topological polar surface area (TPSA) is 110 Å². The first-order valence-corrected chi connectivity index (χ1v) is 11.0. The van der Waals surface area contributed by atoms with Crippen molar-refractivity contribution < 1.29 is 24.4 Å². The largest absolute Gasteiger partial charge is 0.507 e. The molecular formula is C23H22Cl2N2O6. The number of rotatable bonds is 8. The summed E-state index contributed by atoms with van der Waals surface area (Å²) in [6.45, 7) is 4.32. The molecule has 1 heterocycles. The number of hydrogen-bond acceptors (Lipinski definition) is 6. The summed E-state index contributed by atoms with van der Waals surface area (Å²) in [6.07, 6.45) is 0.458. The Kier molecular flexibility index (Phi) is 7.73. The summed E-state index contributed by atoms with van der Waals surface area (Å²) >= 11 is 12.4. The zero-order valence-electron chi connectivity index (χ0n) is 18.0. The minimum atomic E-state index is -0.993. The zero-order chi connectivity index (χ0) is 24.3. The van der Waals surface area contributed by atoms with E-state index in [2.05, 4.69) is 0 Å². The molecule has 33 heavy (non-hydrogen) atoms. The van der Waals surface area contributed by atoms with Crippen molar-refractivity contribution in [3.63, 3.8) is 0 Å². The number of nitro groups is 1. The molecule has 3 rings (SSSR count). The minimum Gasteiger partial charge on any atom is -0.507 e. The number of amides is 1. The Morgan fingerprint density at radius 3 is 2.58 bits per heavy atom. The van der Waals surface area contributed by atoms with Crippen LogP contribution < -0.4 is 0 Å². The Morgan fingerprint density at radius 2 is 1.94 bits per heavy atom. The van der Waals surface area contributed by atoms with Gasteiger partial charge in [-0.15, -0.1) is 0 Å². The van der Waals surface area contributed by atoms with Gasteiger partial charge in [0, 0.05) is 40.9 Å². The number of non-ortho nitro benzene ring substituents is 1. The summed E-state index contributed by atoms with van der Waals surface area (Å²) in [7, 11) is 0. The maximum Gasteiger partial charge on any atom is 0.295 e. The number of ketones is 1. The first-order chi connectivity index (χ1) is 15.6. The lowest BCUT2D eigenvalue weighted by atomic mass is 9.95. The van der Waals surface area contributed by atoms with E-state index in [1.54, 1.807) is 12.1 Å². The molecule has 1 aliphatic rings. The number of carbonyl (C=O) groups is 2. The predicted molar refractivity (Wildman–Crippen MR) is 124 cm³/mol. The number of Topliss-reactive ketones (excluding diaryl/α,β-unsaturated/α-hetero) is 1. The molecule has 0 bridgehead atoms. The van der Waals surface area contributed by atoms with Crippen LogP contribution in [0.1, 0.15) is 37.4 Å². The Morgan fingerprint density at radius 1 is 1.21 bits per heavy atom. The second kappa shape index (κ2) is 10.3. The second-order valence-corrected chi connectivity index (χ2v) is 8.58. The molecule has 2 aromatic carbocycles. The van der Waals surface area contributed by atoms with Gasteiger partial charge in [-0.1, -0.05) is 41.4 Å². The van der Waals surface area contributed by atoms with Crippen LogP contribution in [0.3, 0.4) is 0 Å². The Labute approximate surface area is 200 Å². The molecule has 8 nitrogen and oxygen atoms in total. The lowest BCUT2D eigenvalue weighted by Gasteiger charge is -2.26. The van der Waals surface area contributed by atoms with Crippen LogP contribution in [0.4, 0.5) is 5.69 Å². The van der Waals surface area contributed by atoms with Crippen molar-refractivity contribution >= 4 is 46.3 Å². The first-order valence-electron chi connectivity index (χ1n) is 10.2. The summed E-state index contributed by atoms with van der Waals surface area (Å²) < 4.78 is 5.53. The number of likely N-dealkylation sites (tertiary alicyclic amines) is 1. The highest BCUT2D eigenvalue weighted by molar-refractivity contribution is 6.47. The van der Waals surface area contributed by atoms with Crippen molar-refractivity contribution in [2.75, 3.05) is 13.2 Å². The molecule has 2 aromatic rings. The SMILES string of the molecule is CC(C)OCCCN1C(=O)C(=O)C(=C(O)c2cccc([N+](=O)[O-])c2)[C@H]1c1ccc(Cl)cc1Cl. The van der Waals surface area contributed by atoms with Gasteiger partial charge in [0.25, 0.3) is 17.4 Å². The van der Waals surface area contributed by atoms with Gasteiger partial charge in [0.15, 0.2) is 0 Å². The number of ether oxygens (including phenoxy) is 1. The van der Waals surface area contributed by atoms with Gasteiger partial charge in [-0.2, -0.15) is 0 Å². The van der Waals surface area contributed by atoms with E-state index in [4.69, 9.17) is 27.9 Å². The van der Waals surface area contributed by atoms with Crippen molar-refractivity contribution in [1.82, 2.24) is 4.90 Å². The molecule has 174 valence electrons. The maximum absolute atomic E-state index is 13.0. The second-order valence-electron chi connectivity index (χ2n) is 7.74. The fraction of sp³-hybridized carbons (Fsp3) is 0.304. The quantitative estimate of drug-likeness (QED) is 0.136. The summed E-state index contributed by atoms with van der Waals surface area (Å²) in [4.78, 5) is 37.8. The van der Waals surface area contributed by atoms with Crippen LogP contribution in [0.15, 0.2) is 48.0 Å². The van der Waals surface area contributed by atoms with E-state index in [9.17, 15) is 24.8 Å². The molecular weight excluding hydrogens is 471 g/mol. The Balaban J connectivity index is 2.11. The third-order valence-corrected chi connectivity index (χ3v) is 5.68. The van der Waals surface area contributed by atoms with Gasteiger partial charge < -0.3 is 14.7 Å². The molecule has 0 radical (unpaired) electrons. The van der Waals surface area contributed by atoms with Crippen molar-refractivity contribution in [3.8, 4) is 0 Å². The molecule has 1 atom stereocenters. The predicted octanol–water partition coefficient (Wildman–Crippen LogP) is 5.14. The highest BCUT2D eigenvalue weighted by atomic mass is 35.5. The van der Waals surface area contributed by atoms with Gasteiger partial charge in [0.2, 0.25) is 0 Å². The number of carbonyl (C=O) groups excluding carboxylic acids is 2. The van der Waals surface area contributed by atoms with E-state index < -0.39 is 28.4 Å². The number of halogens is 2. The minimum absolute atomic E-state index is 0.00999. The van der Waals surface area contributed by atoms with Crippen molar-refractivity contribution in [2.24, 2.45) is 0 Å². The molecule has 0 saturated carbocycles. The number of aliphatic hydroxyl groups is 1. The molecule has 1 fully saturated rings. The third-order valence-electron chi connectivity index (χ3n) is 5.12. The molecule has 1 saturated heterocycles. The van der Waals surface area contributed by atoms with Gasteiger partial charge in [-0.25, -0.2) is 0 Å². The standard InChI is InChI=1S/C23H22Cl2N2O6/c1-13(2)33-10-4-9-26-20(17-8-7-15(24)12-18(17)25)19(22(29)23(26)30)21(28)14-5-3-6-16(11-14)27(31)32/h3,5-8,11-13,20,28H,4,9-10H2,1-2H3/t20-/m1/s1. The Hall–Kier alpha value is -2.94. The van der Waals surface area contributed by atoms with Crippen LogP contribution in [-0.2, 0) is 14.3 Å². The van der Waals surface area contributed by atoms with Crippen LogP contribution in [0.5, 0.6) is 0 Å². The van der Waals surface area contributed by atoms with E-state index in [0.717, 1.165) is 6.07 Å². The number of benzene rings is 2. The number of nitro benzene ring substituents is 1. The molecule has 1 N–H and O–H groups in total. The fourth-order valence-corrected chi connectivity index (χ4v) is 4.15. The molecule has 1 aliphatic heterocycles. The van der Waals surface area contributed by atoms with E-state index in [-0.39, 0.29) is 34.5 Å². The van der Waals surface area contributed by atoms with E-state index in [1.165, 1.54) is 29.2 Å². The molecule has 0 spiro atoms. The van der Waals surface area contributed by atoms with Gasteiger partial charge in [0.1, 0.15) is 5.76 Å². The van der Waals surface area contributed by atoms with Gasteiger partial charge in [-0.3, -0.25) is 19.7 Å². The van der Waals surface area contributed by atoms with E-state index in [1.807, 2.05) is 13.8 Å². The van der Waals surface area contributed by atoms with E-state index >= 15 is 0 Å². The zero-order valence-corrected chi connectivity index (χ0v) is 19.5. The average molecular weight is 493 g/mol. The molecule has 0 aromatic heterocycles. The molecule has 10 heteroatoms. The highest BCUT2D eigenvalue weighted by Crippen LogP contribution is 2.42. The summed E-state index contributed by atoms with van der Waals surface area (Å²) in [6, 6.07) is 8.85.